The summed E-state index contributed by atoms with van der Waals surface area (Å²) in [5, 5.41) is 12.7. The van der Waals surface area contributed by atoms with Crippen molar-refractivity contribution in [1.29, 1.82) is 5.26 Å². The van der Waals surface area contributed by atoms with Crippen molar-refractivity contribution in [3.8, 4) is 11.8 Å². The van der Waals surface area contributed by atoms with Gasteiger partial charge in [-0.1, -0.05) is 6.08 Å². The monoisotopic (exact) mass is 451 g/mol. The smallest absolute Gasteiger partial charge is 0.415 e. The number of nitriles is 1. The van der Waals surface area contributed by atoms with Gasteiger partial charge in [0, 0.05) is 30.7 Å². The lowest BCUT2D eigenvalue weighted by atomic mass is 9.94. The third-order valence-electron chi connectivity index (χ3n) is 4.76. The van der Waals surface area contributed by atoms with E-state index in [9.17, 15) is 22.8 Å². The van der Waals surface area contributed by atoms with Gasteiger partial charge < -0.3 is 20.5 Å². The van der Waals surface area contributed by atoms with Crippen molar-refractivity contribution in [3.05, 3.63) is 46.6 Å². The lowest BCUT2D eigenvalue weighted by molar-refractivity contribution is -0.0963. The number of benzene rings is 1. The van der Waals surface area contributed by atoms with E-state index in [4.69, 9.17) is 15.2 Å². The molecule has 0 aliphatic heterocycles. The number of nitrogens with two attached hydrogens (primary N) is 1. The molecule has 170 valence electrons. The zero-order chi connectivity index (χ0) is 23.5. The quantitative estimate of drug-likeness (QED) is 0.489. The maximum atomic E-state index is 14.5. The Bertz CT molecular complexity index is 1120. The lowest BCUT2D eigenvalue weighted by Crippen LogP contribution is -2.29. The molecule has 1 aromatic carbocycles. The van der Waals surface area contributed by atoms with E-state index in [2.05, 4.69) is 15.3 Å². The Balaban J connectivity index is 1.95. The Hall–Kier alpha value is -3.23. The minimum atomic E-state index is -4.80. The molecule has 0 radical (unpaired) electrons. The van der Waals surface area contributed by atoms with Crippen molar-refractivity contribution in [3.63, 3.8) is 0 Å². The molecule has 3 N–H and O–H groups in total. The number of halogens is 4. The summed E-state index contributed by atoms with van der Waals surface area (Å²) in [6.07, 6.45) is -4.16. The Morgan fingerprint density at radius 1 is 1.28 bits per heavy atom. The van der Waals surface area contributed by atoms with Gasteiger partial charge in [0.15, 0.2) is 0 Å². The third kappa shape index (κ3) is 5.15. The number of alkyl halides is 3. The van der Waals surface area contributed by atoms with Crippen molar-refractivity contribution in [2.24, 2.45) is 5.73 Å². The average Bonchev–Trinajstić information content (AvgIpc) is 2.72. The molecule has 1 aromatic heterocycles. The van der Waals surface area contributed by atoms with Crippen molar-refractivity contribution in [1.82, 2.24) is 9.97 Å². The van der Waals surface area contributed by atoms with Crippen LogP contribution in [0.5, 0.6) is 5.75 Å². The normalized spacial score (nSPS) is 16.7. The molecule has 32 heavy (non-hydrogen) atoms. The Morgan fingerprint density at radius 3 is 2.69 bits per heavy atom. The van der Waals surface area contributed by atoms with Crippen molar-refractivity contribution in [2.45, 2.75) is 25.6 Å². The number of hydrogen-bond acceptors (Lipinski definition) is 7. The van der Waals surface area contributed by atoms with E-state index in [1.807, 2.05) is 6.07 Å². The highest BCUT2D eigenvalue weighted by Crippen LogP contribution is 2.38. The number of rotatable bonds is 7. The molecule has 2 aromatic rings. The lowest BCUT2D eigenvalue weighted by Gasteiger charge is -2.23. The van der Waals surface area contributed by atoms with Crippen LogP contribution in [-0.4, -0.2) is 49.1 Å². The molecule has 1 aliphatic rings. The highest BCUT2D eigenvalue weighted by Gasteiger charge is 2.40. The van der Waals surface area contributed by atoms with Gasteiger partial charge in [-0.05, 0) is 25.5 Å². The summed E-state index contributed by atoms with van der Waals surface area (Å²) in [4.78, 5) is 8.59. The predicted octanol–water partition coefficient (Wildman–Crippen LogP) is 3.69. The summed E-state index contributed by atoms with van der Waals surface area (Å²) in [7, 11) is 1.51. The largest absolute Gasteiger partial charge is 0.490 e. The number of anilines is 1. The van der Waals surface area contributed by atoms with Crippen LogP contribution in [0.3, 0.4) is 0 Å². The second-order valence-electron chi connectivity index (χ2n) is 7.14. The second-order valence-corrected chi connectivity index (χ2v) is 7.14. The van der Waals surface area contributed by atoms with Crippen molar-refractivity contribution < 1.29 is 27.0 Å². The number of nitrogens with zero attached hydrogens (tertiary/aromatic N) is 3. The van der Waals surface area contributed by atoms with Crippen molar-refractivity contribution >= 4 is 16.7 Å². The molecule has 11 heteroatoms. The molecule has 0 amide bonds. The van der Waals surface area contributed by atoms with E-state index in [1.54, 1.807) is 13.0 Å². The molecular formula is C21H21F4N5O2. The summed E-state index contributed by atoms with van der Waals surface area (Å²) < 4.78 is 64.4. The molecule has 0 spiro atoms. The van der Waals surface area contributed by atoms with Gasteiger partial charge in [-0.25, -0.2) is 14.4 Å². The van der Waals surface area contributed by atoms with E-state index in [1.165, 1.54) is 19.3 Å². The van der Waals surface area contributed by atoms with Crippen LogP contribution in [0, 0.1) is 18.3 Å². The van der Waals surface area contributed by atoms with Gasteiger partial charge in [-0.3, -0.25) is 0 Å². The van der Waals surface area contributed by atoms with E-state index in [-0.39, 0.29) is 35.9 Å². The first-order valence-electron chi connectivity index (χ1n) is 9.64. The van der Waals surface area contributed by atoms with Gasteiger partial charge in [0.2, 0.25) is 0 Å². The number of hydrogen-bond donors (Lipinski definition) is 2. The average molecular weight is 451 g/mol. The summed E-state index contributed by atoms with van der Waals surface area (Å²) in [6, 6.07) is 4.16. The SMILES string of the molecule is COCCOc1cc2c(NCC3=CC(N)CC(C(F)(F)F)=C3F)nc(C)nc2cc1C#N. The highest BCUT2D eigenvalue weighted by molar-refractivity contribution is 5.91. The van der Waals surface area contributed by atoms with Crippen LogP contribution in [-0.2, 0) is 4.74 Å². The van der Waals surface area contributed by atoms with Gasteiger partial charge in [-0.2, -0.15) is 18.4 Å². The molecule has 0 saturated heterocycles. The molecule has 1 aliphatic carbocycles. The Kier molecular flexibility index (Phi) is 6.96. The third-order valence-corrected chi connectivity index (χ3v) is 4.76. The number of aryl methyl sites for hydroxylation is 1. The number of ether oxygens (including phenoxy) is 2. The molecule has 1 heterocycles. The number of methoxy groups -OCH3 is 1. The fraction of sp³-hybridized carbons (Fsp3) is 0.381. The first kappa shape index (κ1) is 23.4. The first-order chi connectivity index (χ1) is 15.1. The predicted molar refractivity (Wildman–Crippen MR) is 110 cm³/mol. The first-order valence-corrected chi connectivity index (χ1v) is 9.64. The number of aromatic nitrogens is 2. The standard InChI is InChI=1S/C21H21F4N5O2/c1-11-29-17-6-12(9-26)18(32-4-3-31-2)8-15(17)20(30-11)28-10-13-5-14(27)7-16(19(13)22)21(23,24)25/h5-6,8,14H,3-4,7,10,27H2,1-2H3,(H,28,29,30). The van der Waals surface area contributed by atoms with Gasteiger partial charge in [0.05, 0.1) is 23.3 Å². The summed E-state index contributed by atoms with van der Waals surface area (Å²) in [5.41, 5.74) is 4.88. The van der Waals surface area contributed by atoms with E-state index in [0.717, 1.165) is 0 Å². The molecule has 1 atom stereocenters. The van der Waals surface area contributed by atoms with Crippen LogP contribution in [0.1, 0.15) is 17.8 Å². The van der Waals surface area contributed by atoms with E-state index in [0.29, 0.717) is 23.3 Å². The van der Waals surface area contributed by atoms with Gasteiger partial charge in [0.1, 0.15) is 35.9 Å². The zero-order valence-corrected chi connectivity index (χ0v) is 17.4. The van der Waals surface area contributed by atoms with Gasteiger partial charge in [0.25, 0.3) is 0 Å². The van der Waals surface area contributed by atoms with Gasteiger partial charge in [-0.15, -0.1) is 0 Å². The topological polar surface area (TPSA) is 106 Å². The number of nitrogens with one attached hydrogen (secondary N) is 1. The second kappa shape index (κ2) is 9.50. The number of fused-ring (bicyclic) bond motifs is 1. The van der Waals surface area contributed by atoms with Crippen LogP contribution >= 0.6 is 0 Å². The minimum Gasteiger partial charge on any atom is -0.490 e. The van der Waals surface area contributed by atoms with Gasteiger partial charge >= 0.3 is 6.18 Å². The summed E-state index contributed by atoms with van der Waals surface area (Å²) in [6.45, 7) is 1.86. The van der Waals surface area contributed by atoms with Crippen LogP contribution in [0.2, 0.25) is 0 Å². The molecular weight excluding hydrogens is 430 g/mol. The van der Waals surface area contributed by atoms with Crippen LogP contribution in [0.4, 0.5) is 23.4 Å². The minimum absolute atomic E-state index is 0.202. The van der Waals surface area contributed by atoms with E-state index >= 15 is 0 Å². The molecule has 7 nitrogen and oxygen atoms in total. The zero-order valence-electron chi connectivity index (χ0n) is 17.4. The Morgan fingerprint density at radius 2 is 2.03 bits per heavy atom. The molecule has 0 bridgehead atoms. The van der Waals surface area contributed by atoms with Crippen LogP contribution < -0.4 is 15.8 Å². The van der Waals surface area contributed by atoms with Crippen molar-refractivity contribution in [2.75, 3.05) is 32.2 Å². The fourth-order valence-corrected chi connectivity index (χ4v) is 3.31. The Labute approximate surface area is 181 Å². The fourth-order valence-electron chi connectivity index (χ4n) is 3.31. The van der Waals surface area contributed by atoms with Crippen LogP contribution in [0.25, 0.3) is 10.9 Å². The van der Waals surface area contributed by atoms with E-state index < -0.39 is 30.0 Å². The maximum Gasteiger partial charge on any atom is 0.415 e. The summed E-state index contributed by atoms with van der Waals surface area (Å²) >= 11 is 0. The maximum absolute atomic E-state index is 14.5. The molecule has 0 fully saturated rings. The molecule has 3 rings (SSSR count). The highest BCUT2D eigenvalue weighted by atomic mass is 19.4. The van der Waals surface area contributed by atoms with Crippen LogP contribution in [0.15, 0.2) is 35.2 Å². The molecule has 1 unspecified atom stereocenters. The summed E-state index contributed by atoms with van der Waals surface area (Å²) in [5.74, 6) is -0.442. The molecule has 0 saturated carbocycles.